The number of nitrogens with one attached hydrogen (secondary N) is 2. The van der Waals surface area contributed by atoms with Gasteiger partial charge in [-0.2, -0.15) is 38.6 Å². The molecule has 3 heterocycles. The Balaban J connectivity index is 1.75. The minimum absolute atomic E-state index is 0.236. The van der Waals surface area contributed by atoms with E-state index < -0.39 is 0 Å². The van der Waals surface area contributed by atoms with E-state index in [0.29, 0.717) is 10.9 Å². The lowest BCUT2D eigenvalue weighted by atomic mass is 10.4. The van der Waals surface area contributed by atoms with Gasteiger partial charge < -0.3 is 5.32 Å². The quantitative estimate of drug-likeness (QED) is 0.848. The molecule has 0 aliphatic carbocycles. The van der Waals surface area contributed by atoms with Crippen LogP contribution in [0, 0.1) is 0 Å². The highest BCUT2D eigenvalue weighted by molar-refractivity contribution is 8.06. The van der Waals surface area contributed by atoms with E-state index in [1.54, 1.807) is 6.20 Å². The van der Waals surface area contributed by atoms with Crippen LogP contribution in [0.2, 0.25) is 5.28 Å². The molecular weight excluding hydrogens is 290 g/mol. The van der Waals surface area contributed by atoms with Gasteiger partial charge in [-0.15, -0.1) is 0 Å². The summed E-state index contributed by atoms with van der Waals surface area (Å²) in [6.07, 6.45) is 1.72. The minimum Gasteiger partial charge on any atom is -0.368 e. The van der Waals surface area contributed by atoms with E-state index in [2.05, 4.69) is 25.5 Å². The van der Waals surface area contributed by atoms with Crippen molar-refractivity contribution in [2.45, 2.75) is 5.25 Å². The highest BCUT2D eigenvalue weighted by Gasteiger charge is 2.15. The molecule has 96 valence electrons. The lowest BCUT2D eigenvalue weighted by Gasteiger charge is -2.21. The summed E-state index contributed by atoms with van der Waals surface area (Å²) in [6.45, 7) is 0.894. The molecule has 5 nitrogen and oxygen atoms in total. The molecule has 0 spiro atoms. The van der Waals surface area contributed by atoms with Gasteiger partial charge in [-0.1, -0.05) is 0 Å². The normalized spacial score (nSPS) is 20.2. The number of aromatic amines is 1. The van der Waals surface area contributed by atoms with E-state index in [4.69, 9.17) is 11.6 Å². The van der Waals surface area contributed by atoms with Crippen LogP contribution in [0.25, 0.3) is 11.0 Å². The van der Waals surface area contributed by atoms with Crippen LogP contribution in [-0.4, -0.2) is 49.2 Å². The highest BCUT2D eigenvalue weighted by atomic mass is 35.5. The van der Waals surface area contributed by atoms with Crippen molar-refractivity contribution < 1.29 is 0 Å². The Morgan fingerprint density at radius 2 is 2.39 bits per heavy atom. The smallest absolute Gasteiger partial charge is 0.226 e. The van der Waals surface area contributed by atoms with Crippen LogP contribution in [0.15, 0.2) is 6.20 Å². The third-order valence-corrected chi connectivity index (χ3v) is 5.68. The molecule has 0 bridgehead atoms. The second kappa shape index (κ2) is 5.54. The van der Waals surface area contributed by atoms with Crippen molar-refractivity contribution in [2.24, 2.45) is 0 Å². The first kappa shape index (κ1) is 12.4. The van der Waals surface area contributed by atoms with Crippen LogP contribution in [0.3, 0.4) is 0 Å². The Morgan fingerprint density at radius 3 is 3.22 bits per heavy atom. The number of rotatable bonds is 3. The number of halogens is 1. The first-order chi connectivity index (χ1) is 8.83. The van der Waals surface area contributed by atoms with Crippen LogP contribution in [-0.2, 0) is 0 Å². The molecule has 0 aromatic carbocycles. The first-order valence-electron chi connectivity index (χ1n) is 5.63. The number of H-pyrrole nitrogens is 1. The molecule has 18 heavy (non-hydrogen) atoms. The molecular formula is C10H12ClN5S2. The fraction of sp³-hybridized carbons (Fsp3) is 0.500. The molecule has 1 aliphatic heterocycles. The van der Waals surface area contributed by atoms with Crippen molar-refractivity contribution in [1.29, 1.82) is 0 Å². The molecule has 2 aromatic rings. The highest BCUT2D eigenvalue weighted by Crippen LogP contribution is 2.25. The number of hydrogen-bond donors (Lipinski definition) is 2. The van der Waals surface area contributed by atoms with E-state index in [1.165, 1.54) is 17.3 Å². The van der Waals surface area contributed by atoms with Crippen LogP contribution < -0.4 is 5.32 Å². The van der Waals surface area contributed by atoms with E-state index in [-0.39, 0.29) is 5.28 Å². The first-order valence-corrected chi connectivity index (χ1v) is 8.21. The van der Waals surface area contributed by atoms with Gasteiger partial charge in [0.1, 0.15) is 5.82 Å². The van der Waals surface area contributed by atoms with Gasteiger partial charge in [0.05, 0.1) is 11.6 Å². The molecule has 2 N–H and O–H groups in total. The average molecular weight is 302 g/mol. The minimum atomic E-state index is 0.236. The van der Waals surface area contributed by atoms with Crippen LogP contribution >= 0.6 is 35.1 Å². The third-order valence-electron chi connectivity index (χ3n) is 2.66. The molecule has 0 amide bonds. The third kappa shape index (κ3) is 2.67. The SMILES string of the molecule is Clc1nc(NCC2CSCCS2)c2cn[nH]c2n1. The topological polar surface area (TPSA) is 66.5 Å². The maximum atomic E-state index is 5.88. The van der Waals surface area contributed by atoms with Crippen molar-refractivity contribution in [2.75, 3.05) is 29.1 Å². The van der Waals surface area contributed by atoms with Gasteiger partial charge >= 0.3 is 0 Å². The standard InChI is InChI=1S/C10H12ClN5S2/c11-10-14-8(7-4-13-16-9(7)15-10)12-3-6-5-17-1-2-18-6/h4,6H,1-3,5H2,(H2,12,13,14,15,16). The molecule has 1 fully saturated rings. The number of hydrogen-bond acceptors (Lipinski definition) is 6. The number of aromatic nitrogens is 4. The summed E-state index contributed by atoms with van der Waals surface area (Å²) in [6, 6.07) is 0. The van der Waals surface area contributed by atoms with Gasteiger partial charge in [-0.05, 0) is 11.6 Å². The Hall–Kier alpha value is -0.660. The molecule has 1 unspecified atom stereocenters. The number of nitrogens with zero attached hydrogens (tertiary/aromatic N) is 3. The maximum absolute atomic E-state index is 5.88. The van der Waals surface area contributed by atoms with Gasteiger partial charge in [0.25, 0.3) is 0 Å². The van der Waals surface area contributed by atoms with Crippen LogP contribution in [0.4, 0.5) is 5.82 Å². The summed E-state index contributed by atoms with van der Waals surface area (Å²) in [4.78, 5) is 8.30. The second-order valence-corrected chi connectivity index (χ2v) is 6.82. The van der Waals surface area contributed by atoms with Crippen molar-refractivity contribution in [1.82, 2.24) is 20.2 Å². The Bertz CT molecular complexity index is 540. The Labute approximate surface area is 118 Å². The zero-order valence-corrected chi connectivity index (χ0v) is 11.9. The summed E-state index contributed by atoms with van der Waals surface area (Å²) < 4.78 is 0. The lowest BCUT2D eigenvalue weighted by molar-refractivity contribution is 0.993. The summed E-state index contributed by atoms with van der Waals surface area (Å²) >= 11 is 9.90. The summed E-state index contributed by atoms with van der Waals surface area (Å²) in [5.74, 6) is 4.43. The van der Waals surface area contributed by atoms with Gasteiger partial charge in [-0.3, -0.25) is 5.10 Å². The fourth-order valence-electron chi connectivity index (χ4n) is 1.81. The molecule has 0 saturated carbocycles. The molecule has 1 aliphatic rings. The molecule has 3 rings (SSSR count). The fourth-order valence-corrected chi connectivity index (χ4v) is 4.59. The summed E-state index contributed by atoms with van der Waals surface area (Å²) in [7, 11) is 0. The molecule has 0 radical (unpaired) electrons. The lowest BCUT2D eigenvalue weighted by Crippen LogP contribution is -2.23. The molecule has 1 atom stereocenters. The van der Waals surface area contributed by atoms with Crippen LogP contribution in [0.5, 0.6) is 0 Å². The molecule has 2 aromatic heterocycles. The molecule has 8 heteroatoms. The van der Waals surface area contributed by atoms with Gasteiger partial charge in [0, 0.05) is 29.1 Å². The average Bonchev–Trinajstić information content (AvgIpc) is 2.85. The van der Waals surface area contributed by atoms with E-state index in [1.807, 2.05) is 23.5 Å². The zero-order chi connectivity index (χ0) is 12.4. The monoisotopic (exact) mass is 301 g/mol. The van der Waals surface area contributed by atoms with Gasteiger partial charge in [0.15, 0.2) is 5.65 Å². The van der Waals surface area contributed by atoms with Crippen molar-refractivity contribution in [3.8, 4) is 0 Å². The molecule has 1 saturated heterocycles. The summed E-state index contributed by atoms with van der Waals surface area (Å²) in [5.41, 5.74) is 0.670. The van der Waals surface area contributed by atoms with Crippen molar-refractivity contribution >= 4 is 52.0 Å². The van der Waals surface area contributed by atoms with E-state index in [9.17, 15) is 0 Å². The van der Waals surface area contributed by atoms with Crippen LogP contribution in [0.1, 0.15) is 0 Å². The zero-order valence-electron chi connectivity index (χ0n) is 9.52. The second-order valence-electron chi connectivity index (χ2n) is 3.92. The number of anilines is 1. The predicted molar refractivity (Wildman–Crippen MR) is 78.8 cm³/mol. The predicted octanol–water partition coefficient (Wildman–Crippen LogP) is 2.27. The largest absolute Gasteiger partial charge is 0.368 e. The Morgan fingerprint density at radius 1 is 1.44 bits per heavy atom. The van der Waals surface area contributed by atoms with Gasteiger partial charge in [-0.25, -0.2) is 0 Å². The van der Waals surface area contributed by atoms with Gasteiger partial charge in [0.2, 0.25) is 5.28 Å². The van der Waals surface area contributed by atoms with Crippen molar-refractivity contribution in [3.05, 3.63) is 11.5 Å². The maximum Gasteiger partial charge on any atom is 0.226 e. The van der Waals surface area contributed by atoms with Crippen molar-refractivity contribution in [3.63, 3.8) is 0 Å². The van der Waals surface area contributed by atoms with E-state index >= 15 is 0 Å². The number of thioether (sulfide) groups is 2. The summed E-state index contributed by atoms with van der Waals surface area (Å²) in [5, 5.41) is 11.9. The number of fused-ring (bicyclic) bond motifs is 1. The Kier molecular flexibility index (Phi) is 3.81. The van der Waals surface area contributed by atoms with E-state index in [0.717, 1.165) is 17.7 Å².